The monoisotopic (exact) mass is 303 g/mol. The zero-order chi connectivity index (χ0) is 15.9. The Morgan fingerprint density at radius 1 is 1.41 bits per heavy atom. The molecule has 0 atom stereocenters. The predicted molar refractivity (Wildman–Crippen MR) is 79.1 cm³/mol. The molecule has 22 heavy (non-hydrogen) atoms. The van der Waals surface area contributed by atoms with E-state index in [1.165, 1.54) is 18.6 Å². The highest BCUT2D eigenvalue weighted by Crippen LogP contribution is 2.18. The van der Waals surface area contributed by atoms with Gasteiger partial charge in [0.1, 0.15) is 11.9 Å². The van der Waals surface area contributed by atoms with Crippen molar-refractivity contribution in [2.45, 2.75) is 25.7 Å². The van der Waals surface area contributed by atoms with Gasteiger partial charge in [-0.3, -0.25) is 14.9 Å². The number of nitriles is 1. The molecule has 1 aliphatic rings. The second-order valence-electron chi connectivity index (χ2n) is 5.05. The van der Waals surface area contributed by atoms with Crippen LogP contribution in [-0.2, 0) is 4.79 Å². The second kappa shape index (κ2) is 7.36. The van der Waals surface area contributed by atoms with Crippen LogP contribution in [0, 0.1) is 21.4 Å². The maximum atomic E-state index is 12.0. The third-order valence-electron chi connectivity index (χ3n) is 3.53. The van der Waals surface area contributed by atoms with Crippen molar-refractivity contribution in [1.82, 2.24) is 9.88 Å². The summed E-state index contributed by atoms with van der Waals surface area (Å²) in [4.78, 5) is 27.8. The lowest BCUT2D eigenvalue weighted by atomic mass is 10.1. The van der Waals surface area contributed by atoms with Gasteiger partial charge < -0.3 is 10.2 Å². The van der Waals surface area contributed by atoms with E-state index >= 15 is 0 Å². The summed E-state index contributed by atoms with van der Waals surface area (Å²) < 4.78 is 0. The summed E-state index contributed by atoms with van der Waals surface area (Å²) in [6.07, 6.45) is 3.61. The molecule has 0 spiro atoms. The van der Waals surface area contributed by atoms with Gasteiger partial charge in [0, 0.05) is 32.1 Å². The minimum Gasteiger partial charge on any atom is -0.370 e. The molecule has 0 aromatic carbocycles. The number of carbonyl (C=O) groups excluding carboxylic acids is 1. The molecule has 0 radical (unpaired) electrons. The van der Waals surface area contributed by atoms with Crippen molar-refractivity contribution in [2.75, 3.05) is 25.0 Å². The van der Waals surface area contributed by atoms with E-state index < -0.39 is 4.92 Å². The van der Waals surface area contributed by atoms with Crippen LogP contribution in [0.1, 0.15) is 31.4 Å². The topological polar surface area (TPSA) is 112 Å². The number of rotatable bonds is 5. The van der Waals surface area contributed by atoms with E-state index in [0.29, 0.717) is 18.8 Å². The highest BCUT2D eigenvalue weighted by molar-refractivity contribution is 5.76. The number of hydrogen-bond donors (Lipinski definition) is 1. The first kappa shape index (κ1) is 15.7. The summed E-state index contributed by atoms with van der Waals surface area (Å²) in [6, 6.07) is 4.37. The van der Waals surface area contributed by atoms with E-state index in [1.807, 2.05) is 4.90 Å². The number of nitro groups is 1. The fraction of sp³-hybridized carbons (Fsp3) is 0.500. The lowest BCUT2D eigenvalue weighted by Crippen LogP contribution is -2.36. The number of nitrogens with one attached hydrogen (secondary N) is 1. The van der Waals surface area contributed by atoms with E-state index in [-0.39, 0.29) is 17.3 Å². The maximum Gasteiger partial charge on any atom is 0.305 e. The first-order valence-corrected chi connectivity index (χ1v) is 7.19. The number of carbonyl (C=O) groups is 1. The molecule has 1 amide bonds. The van der Waals surface area contributed by atoms with E-state index in [9.17, 15) is 14.9 Å². The average molecular weight is 303 g/mol. The molecule has 0 saturated carbocycles. The van der Waals surface area contributed by atoms with Crippen molar-refractivity contribution in [3.05, 3.63) is 27.9 Å². The molecule has 0 aliphatic carbocycles. The quantitative estimate of drug-likeness (QED) is 0.654. The molecule has 0 bridgehead atoms. The Morgan fingerprint density at radius 3 is 2.77 bits per heavy atom. The fourth-order valence-electron chi connectivity index (χ4n) is 2.38. The van der Waals surface area contributed by atoms with Gasteiger partial charge >= 0.3 is 5.69 Å². The largest absolute Gasteiger partial charge is 0.370 e. The standard InChI is InChI=1S/C14H17N5O3/c15-10-11-12(19(21)22)4-5-13(17-11)16-7-6-14(20)18-8-2-1-3-9-18/h4-5H,1-3,6-9H2,(H,16,17). The molecule has 116 valence electrons. The van der Waals surface area contributed by atoms with Crippen LogP contribution in [0.3, 0.4) is 0 Å². The molecule has 2 rings (SSSR count). The maximum absolute atomic E-state index is 12.0. The van der Waals surface area contributed by atoms with Gasteiger partial charge in [-0.1, -0.05) is 0 Å². The van der Waals surface area contributed by atoms with E-state index in [0.717, 1.165) is 25.9 Å². The van der Waals surface area contributed by atoms with E-state index in [4.69, 9.17) is 5.26 Å². The van der Waals surface area contributed by atoms with Crippen molar-refractivity contribution in [3.8, 4) is 6.07 Å². The van der Waals surface area contributed by atoms with Gasteiger partial charge in [0.15, 0.2) is 0 Å². The Balaban J connectivity index is 1.88. The Morgan fingerprint density at radius 2 is 2.14 bits per heavy atom. The molecule has 1 aromatic heterocycles. The number of hydrogen-bond acceptors (Lipinski definition) is 6. The van der Waals surface area contributed by atoms with Crippen LogP contribution >= 0.6 is 0 Å². The Bertz CT molecular complexity index is 605. The predicted octanol–water partition coefficient (Wildman–Crippen LogP) is 1.68. The van der Waals surface area contributed by atoms with Crippen LogP contribution in [0.25, 0.3) is 0 Å². The number of anilines is 1. The number of piperidine rings is 1. The van der Waals surface area contributed by atoms with Crippen LogP contribution < -0.4 is 5.32 Å². The van der Waals surface area contributed by atoms with Gasteiger partial charge in [-0.05, 0) is 25.3 Å². The summed E-state index contributed by atoms with van der Waals surface area (Å²) in [5, 5.41) is 22.5. The average Bonchev–Trinajstić information content (AvgIpc) is 2.55. The molecular formula is C14H17N5O3. The van der Waals surface area contributed by atoms with Crippen LogP contribution in [0.5, 0.6) is 0 Å². The molecule has 8 nitrogen and oxygen atoms in total. The minimum atomic E-state index is -0.644. The zero-order valence-electron chi connectivity index (χ0n) is 12.1. The van der Waals surface area contributed by atoms with E-state index in [1.54, 1.807) is 6.07 Å². The molecule has 2 heterocycles. The molecule has 1 N–H and O–H groups in total. The van der Waals surface area contributed by atoms with Gasteiger partial charge in [0.05, 0.1) is 4.92 Å². The zero-order valence-corrected chi connectivity index (χ0v) is 12.1. The second-order valence-corrected chi connectivity index (χ2v) is 5.05. The SMILES string of the molecule is N#Cc1nc(NCCC(=O)N2CCCCC2)ccc1[N+](=O)[O-]. The number of amides is 1. The highest BCUT2D eigenvalue weighted by atomic mass is 16.6. The van der Waals surface area contributed by atoms with E-state index in [2.05, 4.69) is 10.3 Å². The lowest BCUT2D eigenvalue weighted by Gasteiger charge is -2.26. The lowest BCUT2D eigenvalue weighted by molar-refractivity contribution is -0.385. The van der Waals surface area contributed by atoms with Crippen molar-refractivity contribution in [3.63, 3.8) is 0 Å². The number of aromatic nitrogens is 1. The number of pyridine rings is 1. The summed E-state index contributed by atoms with van der Waals surface area (Å²) in [6.45, 7) is 2.01. The molecule has 0 unspecified atom stereocenters. The van der Waals surface area contributed by atoms with Crippen molar-refractivity contribution >= 4 is 17.4 Å². The van der Waals surface area contributed by atoms with Crippen molar-refractivity contribution in [1.29, 1.82) is 5.26 Å². The molecule has 1 saturated heterocycles. The first-order valence-electron chi connectivity index (χ1n) is 7.19. The first-order chi connectivity index (χ1) is 10.6. The fourth-order valence-corrected chi connectivity index (χ4v) is 2.38. The highest BCUT2D eigenvalue weighted by Gasteiger charge is 2.17. The Kier molecular flexibility index (Phi) is 5.25. The number of likely N-dealkylation sites (tertiary alicyclic amines) is 1. The third kappa shape index (κ3) is 3.91. The summed E-state index contributed by atoms with van der Waals surface area (Å²) in [5.74, 6) is 0.447. The van der Waals surface area contributed by atoms with Crippen molar-refractivity contribution < 1.29 is 9.72 Å². The molecule has 8 heteroatoms. The van der Waals surface area contributed by atoms with Crippen LogP contribution in [-0.4, -0.2) is 40.3 Å². The van der Waals surface area contributed by atoms with Gasteiger partial charge in [-0.25, -0.2) is 4.98 Å². The van der Waals surface area contributed by atoms with Crippen molar-refractivity contribution in [2.24, 2.45) is 0 Å². The van der Waals surface area contributed by atoms with Gasteiger partial charge in [-0.2, -0.15) is 5.26 Å². The van der Waals surface area contributed by atoms with Crippen LogP contribution in [0.4, 0.5) is 11.5 Å². The molecule has 1 fully saturated rings. The summed E-state index contributed by atoms with van der Waals surface area (Å²) in [7, 11) is 0. The van der Waals surface area contributed by atoms with Crippen LogP contribution in [0.15, 0.2) is 12.1 Å². The normalized spacial score (nSPS) is 14.2. The Labute approximate surface area is 127 Å². The van der Waals surface area contributed by atoms with Gasteiger partial charge in [-0.15, -0.1) is 0 Å². The number of nitrogens with zero attached hydrogens (tertiary/aromatic N) is 4. The Hall–Kier alpha value is -2.69. The minimum absolute atomic E-state index is 0.0922. The molecule has 1 aliphatic heterocycles. The third-order valence-corrected chi connectivity index (χ3v) is 3.53. The van der Waals surface area contributed by atoms with Gasteiger partial charge in [0.25, 0.3) is 0 Å². The summed E-state index contributed by atoms with van der Waals surface area (Å²) >= 11 is 0. The van der Waals surface area contributed by atoms with Gasteiger partial charge in [0.2, 0.25) is 11.6 Å². The molecular weight excluding hydrogens is 286 g/mol. The van der Waals surface area contributed by atoms with Crippen LogP contribution in [0.2, 0.25) is 0 Å². The smallest absolute Gasteiger partial charge is 0.305 e. The summed E-state index contributed by atoms with van der Waals surface area (Å²) in [5.41, 5.74) is -0.560. The molecule has 1 aromatic rings.